The SMILES string of the molecule is C/C=C\C(=N)/C(=C\C)C(N)=O. The van der Waals surface area contributed by atoms with E-state index >= 15 is 0 Å². The average Bonchev–Trinajstić information content (AvgIpc) is 1.88. The Morgan fingerprint density at radius 3 is 2.27 bits per heavy atom. The molecule has 3 N–H and O–H groups in total. The molecule has 0 rings (SSSR count). The number of nitrogens with one attached hydrogen (secondary N) is 1. The summed E-state index contributed by atoms with van der Waals surface area (Å²) in [4.78, 5) is 10.6. The van der Waals surface area contributed by atoms with Crippen LogP contribution in [-0.2, 0) is 4.79 Å². The van der Waals surface area contributed by atoms with E-state index in [1.165, 1.54) is 12.2 Å². The lowest BCUT2D eigenvalue weighted by Gasteiger charge is -1.97. The monoisotopic (exact) mass is 152 g/mol. The number of hydrogen-bond donors (Lipinski definition) is 2. The summed E-state index contributed by atoms with van der Waals surface area (Å²) in [6.45, 7) is 3.46. The lowest BCUT2D eigenvalue weighted by Crippen LogP contribution is -2.18. The van der Waals surface area contributed by atoms with Crippen molar-refractivity contribution in [2.45, 2.75) is 13.8 Å². The Morgan fingerprint density at radius 2 is 2.00 bits per heavy atom. The minimum absolute atomic E-state index is 0.155. The largest absolute Gasteiger partial charge is 0.366 e. The van der Waals surface area contributed by atoms with Gasteiger partial charge in [-0.1, -0.05) is 12.2 Å². The molecule has 0 aliphatic heterocycles. The van der Waals surface area contributed by atoms with Gasteiger partial charge in [-0.25, -0.2) is 0 Å². The Balaban J connectivity index is 4.55. The number of allylic oxidation sites excluding steroid dienone is 3. The molecule has 0 heterocycles. The van der Waals surface area contributed by atoms with Crippen molar-refractivity contribution in [1.29, 1.82) is 5.41 Å². The van der Waals surface area contributed by atoms with Crippen molar-refractivity contribution in [3.8, 4) is 0 Å². The van der Waals surface area contributed by atoms with Gasteiger partial charge < -0.3 is 11.1 Å². The van der Waals surface area contributed by atoms with Gasteiger partial charge in [0.05, 0.1) is 11.3 Å². The molecule has 0 aliphatic carbocycles. The van der Waals surface area contributed by atoms with Crippen LogP contribution in [0.3, 0.4) is 0 Å². The van der Waals surface area contributed by atoms with E-state index in [4.69, 9.17) is 11.1 Å². The van der Waals surface area contributed by atoms with Crippen molar-refractivity contribution in [2.24, 2.45) is 5.73 Å². The zero-order chi connectivity index (χ0) is 8.85. The van der Waals surface area contributed by atoms with Gasteiger partial charge in [0.1, 0.15) is 0 Å². The van der Waals surface area contributed by atoms with Crippen molar-refractivity contribution in [1.82, 2.24) is 0 Å². The average molecular weight is 152 g/mol. The third-order valence-electron chi connectivity index (χ3n) is 1.18. The zero-order valence-electron chi connectivity index (χ0n) is 6.72. The number of nitrogens with two attached hydrogens (primary N) is 1. The molecule has 0 aromatic carbocycles. The third kappa shape index (κ3) is 2.80. The first-order valence-corrected chi connectivity index (χ1v) is 3.31. The van der Waals surface area contributed by atoms with E-state index in [0.717, 1.165) is 0 Å². The fourth-order valence-corrected chi connectivity index (χ4v) is 0.687. The Hall–Kier alpha value is -1.38. The van der Waals surface area contributed by atoms with Crippen LogP contribution in [0.5, 0.6) is 0 Å². The van der Waals surface area contributed by atoms with Gasteiger partial charge in [-0.15, -0.1) is 0 Å². The van der Waals surface area contributed by atoms with Crippen LogP contribution in [0.1, 0.15) is 13.8 Å². The summed E-state index contributed by atoms with van der Waals surface area (Å²) < 4.78 is 0. The van der Waals surface area contributed by atoms with Crippen LogP contribution in [0.15, 0.2) is 23.8 Å². The molecule has 0 atom stereocenters. The van der Waals surface area contributed by atoms with Gasteiger partial charge in [-0.3, -0.25) is 4.79 Å². The third-order valence-corrected chi connectivity index (χ3v) is 1.18. The minimum atomic E-state index is -0.560. The minimum Gasteiger partial charge on any atom is -0.366 e. The highest BCUT2D eigenvalue weighted by atomic mass is 16.1. The van der Waals surface area contributed by atoms with E-state index in [1.54, 1.807) is 19.9 Å². The van der Waals surface area contributed by atoms with Crippen LogP contribution in [0.25, 0.3) is 0 Å². The number of hydrogen-bond acceptors (Lipinski definition) is 2. The molecule has 0 fully saturated rings. The molecule has 0 radical (unpaired) electrons. The predicted molar refractivity (Wildman–Crippen MR) is 45.5 cm³/mol. The van der Waals surface area contributed by atoms with Crippen molar-refractivity contribution in [2.75, 3.05) is 0 Å². The molecule has 11 heavy (non-hydrogen) atoms. The van der Waals surface area contributed by atoms with Crippen molar-refractivity contribution in [3.63, 3.8) is 0 Å². The quantitative estimate of drug-likeness (QED) is 0.460. The number of amides is 1. The topological polar surface area (TPSA) is 66.9 Å². The maximum absolute atomic E-state index is 10.6. The summed E-state index contributed by atoms with van der Waals surface area (Å²) in [6, 6.07) is 0. The van der Waals surface area contributed by atoms with Gasteiger partial charge >= 0.3 is 0 Å². The highest BCUT2D eigenvalue weighted by Gasteiger charge is 2.05. The smallest absolute Gasteiger partial charge is 0.250 e. The maximum Gasteiger partial charge on any atom is 0.250 e. The molecule has 0 bridgehead atoms. The molecule has 0 aromatic rings. The summed E-state index contributed by atoms with van der Waals surface area (Å²) in [5.41, 5.74) is 5.40. The molecule has 0 saturated heterocycles. The fraction of sp³-hybridized carbons (Fsp3) is 0.250. The van der Waals surface area contributed by atoms with E-state index < -0.39 is 5.91 Å². The van der Waals surface area contributed by atoms with Crippen LogP contribution < -0.4 is 5.73 Å². The number of rotatable bonds is 3. The van der Waals surface area contributed by atoms with Gasteiger partial charge in [0.15, 0.2) is 0 Å². The fourth-order valence-electron chi connectivity index (χ4n) is 0.687. The first-order chi connectivity index (χ1) is 5.13. The second-order valence-electron chi connectivity index (χ2n) is 1.98. The van der Waals surface area contributed by atoms with Crippen molar-refractivity contribution < 1.29 is 4.79 Å². The molecule has 60 valence electrons. The number of carbonyl (C=O) groups excluding carboxylic acids is 1. The molecular formula is C8H12N2O. The van der Waals surface area contributed by atoms with Crippen LogP contribution in [0, 0.1) is 5.41 Å². The molecule has 0 unspecified atom stereocenters. The van der Waals surface area contributed by atoms with Crippen molar-refractivity contribution in [3.05, 3.63) is 23.8 Å². The van der Waals surface area contributed by atoms with E-state index in [2.05, 4.69) is 0 Å². The number of primary amides is 1. The second kappa shape index (κ2) is 4.44. The maximum atomic E-state index is 10.6. The highest BCUT2D eigenvalue weighted by Crippen LogP contribution is 1.96. The summed E-state index contributed by atoms with van der Waals surface area (Å²) in [7, 11) is 0. The molecule has 0 aliphatic rings. The standard InChI is InChI=1S/C8H12N2O/c1-3-5-7(9)6(4-2)8(10)11/h3-5,9H,1-2H3,(H2,10,11)/b5-3-,6-4+,9-7?. The predicted octanol–water partition coefficient (Wildman–Crippen LogP) is 1.01. The van der Waals surface area contributed by atoms with Crippen LogP contribution in [0.2, 0.25) is 0 Å². The Labute approximate surface area is 66.1 Å². The first-order valence-electron chi connectivity index (χ1n) is 3.31. The van der Waals surface area contributed by atoms with Gasteiger partial charge in [0, 0.05) is 0 Å². The van der Waals surface area contributed by atoms with Gasteiger partial charge in [0.25, 0.3) is 5.91 Å². The Bertz CT molecular complexity index is 226. The van der Waals surface area contributed by atoms with Gasteiger partial charge in [0.2, 0.25) is 0 Å². The van der Waals surface area contributed by atoms with Crippen molar-refractivity contribution >= 4 is 11.6 Å². The summed E-state index contributed by atoms with van der Waals surface area (Å²) >= 11 is 0. The van der Waals surface area contributed by atoms with Crippen LogP contribution in [-0.4, -0.2) is 11.6 Å². The molecule has 0 saturated carbocycles. The molecule has 1 amide bonds. The van der Waals surface area contributed by atoms with E-state index in [1.807, 2.05) is 0 Å². The summed E-state index contributed by atoms with van der Waals surface area (Å²) in [6.07, 6.45) is 4.75. The normalized spacial score (nSPS) is 12.0. The number of carbonyl (C=O) groups is 1. The second-order valence-corrected chi connectivity index (χ2v) is 1.98. The van der Waals surface area contributed by atoms with Gasteiger partial charge in [-0.05, 0) is 19.9 Å². The van der Waals surface area contributed by atoms with Crippen LogP contribution >= 0.6 is 0 Å². The lowest BCUT2D eigenvalue weighted by molar-refractivity contribution is -0.114. The van der Waals surface area contributed by atoms with E-state index in [-0.39, 0.29) is 11.3 Å². The lowest BCUT2D eigenvalue weighted by atomic mass is 10.1. The van der Waals surface area contributed by atoms with Crippen LogP contribution in [0.4, 0.5) is 0 Å². The Kier molecular flexibility index (Phi) is 3.88. The molecule has 3 nitrogen and oxygen atoms in total. The summed E-state index contributed by atoms with van der Waals surface area (Å²) in [5.74, 6) is -0.560. The van der Waals surface area contributed by atoms with E-state index in [0.29, 0.717) is 0 Å². The molecule has 3 heteroatoms. The molecular weight excluding hydrogens is 140 g/mol. The first kappa shape index (κ1) is 9.62. The highest BCUT2D eigenvalue weighted by molar-refractivity contribution is 6.24. The molecule has 0 spiro atoms. The summed E-state index contributed by atoms with van der Waals surface area (Å²) in [5, 5.41) is 7.32. The van der Waals surface area contributed by atoms with Gasteiger partial charge in [-0.2, -0.15) is 0 Å². The zero-order valence-corrected chi connectivity index (χ0v) is 6.72. The molecule has 0 aromatic heterocycles. The Morgan fingerprint density at radius 1 is 1.45 bits per heavy atom. The van der Waals surface area contributed by atoms with E-state index in [9.17, 15) is 4.79 Å².